The van der Waals surface area contributed by atoms with E-state index in [0.29, 0.717) is 85.3 Å². The molecule has 0 aliphatic heterocycles. The van der Waals surface area contributed by atoms with Crippen LogP contribution in [0.3, 0.4) is 0 Å². The van der Waals surface area contributed by atoms with Gasteiger partial charge in [-0.25, -0.2) is 0 Å². The minimum absolute atomic E-state index is 0.00896. The summed E-state index contributed by atoms with van der Waals surface area (Å²) < 4.78 is 34.1. The average Bonchev–Trinajstić information content (AvgIpc) is 3.06. The van der Waals surface area contributed by atoms with Crippen LogP contribution in [0.2, 0.25) is 0 Å². The van der Waals surface area contributed by atoms with Crippen molar-refractivity contribution in [2.24, 2.45) is 0 Å². The number of hydrogen-bond acceptors (Lipinski definition) is 15. The number of aliphatic hydroxyl groups excluding tert-OH is 5. The minimum atomic E-state index is -0.426. The van der Waals surface area contributed by atoms with Gasteiger partial charge in [0, 0.05) is 72.1 Å². The van der Waals surface area contributed by atoms with Crippen LogP contribution in [0.25, 0.3) is 0 Å². The van der Waals surface area contributed by atoms with Gasteiger partial charge in [-0.05, 0) is 47.5 Å². The molecule has 0 bridgehead atoms. The van der Waals surface area contributed by atoms with Gasteiger partial charge in [0.25, 0.3) is 0 Å². The quantitative estimate of drug-likeness (QED) is 0.0567. The van der Waals surface area contributed by atoms with E-state index >= 15 is 0 Å². The summed E-state index contributed by atoms with van der Waals surface area (Å²) in [6.45, 7) is 19.3. The molecule has 0 aromatic heterocycles. The van der Waals surface area contributed by atoms with Crippen molar-refractivity contribution in [3.05, 3.63) is 0 Å². The molecule has 0 aliphatic rings. The minimum Gasteiger partial charge on any atom is -0.381 e. The van der Waals surface area contributed by atoms with Gasteiger partial charge in [0.15, 0.2) is 0 Å². The molecule has 0 amide bonds. The van der Waals surface area contributed by atoms with Gasteiger partial charge >= 0.3 is 0 Å². The number of rotatable bonds is 35. The number of hydrogen-bond donors (Lipinski definition) is 5. The molecule has 4 atom stereocenters. The van der Waals surface area contributed by atoms with E-state index in [1.165, 1.54) is 0 Å². The molecular weight excluding hydrogens is 628 g/mol. The van der Waals surface area contributed by atoms with Gasteiger partial charge in [-0.2, -0.15) is 0 Å². The van der Waals surface area contributed by atoms with Crippen LogP contribution >= 0.6 is 0 Å². The lowest BCUT2D eigenvalue weighted by molar-refractivity contribution is -0.100. The third kappa shape index (κ3) is 24.5. The second-order valence-corrected chi connectivity index (χ2v) is 12.4. The van der Waals surface area contributed by atoms with Crippen molar-refractivity contribution in [2.45, 2.75) is 97.9 Å². The Bertz CT molecular complexity index is 686. The molecule has 0 aromatic rings. The molecule has 0 saturated carbocycles. The molecular formula is C33H72N4O11. The molecule has 0 saturated heterocycles. The summed E-state index contributed by atoms with van der Waals surface area (Å²) in [7, 11) is 0. The van der Waals surface area contributed by atoms with Crippen LogP contribution in [-0.4, -0.2) is 201 Å². The summed E-state index contributed by atoms with van der Waals surface area (Å²) >= 11 is 0. The smallest absolute Gasteiger partial charge is 0.144 e. The van der Waals surface area contributed by atoms with Crippen molar-refractivity contribution in [2.75, 3.05) is 119 Å². The Labute approximate surface area is 290 Å². The van der Waals surface area contributed by atoms with E-state index in [2.05, 4.69) is 9.80 Å². The summed E-state index contributed by atoms with van der Waals surface area (Å²) in [5, 5.41) is 48.7. The Morgan fingerprint density at radius 1 is 0.417 bits per heavy atom. The second kappa shape index (κ2) is 31.2. The molecule has 0 spiro atoms. The van der Waals surface area contributed by atoms with E-state index in [9.17, 15) is 25.5 Å². The number of nitrogens with zero attached hydrogens (tertiary/aromatic N) is 4. The first-order valence-electron chi connectivity index (χ1n) is 17.7. The fraction of sp³-hybridized carbons (Fsp3) is 1.00. The summed E-state index contributed by atoms with van der Waals surface area (Å²) in [6.07, 6.45) is 0.666. The largest absolute Gasteiger partial charge is 0.381 e. The highest BCUT2D eigenvalue weighted by Gasteiger charge is 2.22. The van der Waals surface area contributed by atoms with E-state index < -0.39 is 6.79 Å². The molecule has 48 heavy (non-hydrogen) atoms. The van der Waals surface area contributed by atoms with Gasteiger partial charge in [0.05, 0.1) is 63.3 Å². The van der Waals surface area contributed by atoms with Crippen LogP contribution in [-0.2, 0) is 28.4 Å². The van der Waals surface area contributed by atoms with Crippen molar-refractivity contribution in [3.8, 4) is 0 Å². The van der Waals surface area contributed by atoms with Crippen LogP contribution in [0.1, 0.15) is 61.3 Å². The fourth-order valence-electron chi connectivity index (χ4n) is 5.08. The second-order valence-electron chi connectivity index (χ2n) is 12.4. The van der Waals surface area contributed by atoms with Gasteiger partial charge in [-0.15, -0.1) is 0 Å². The Morgan fingerprint density at radius 2 is 0.771 bits per heavy atom. The van der Waals surface area contributed by atoms with Crippen molar-refractivity contribution in [1.29, 1.82) is 0 Å². The van der Waals surface area contributed by atoms with E-state index in [1.807, 2.05) is 58.3 Å². The Hall–Kier alpha value is -0.600. The van der Waals surface area contributed by atoms with Gasteiger partial charge in [-0.1, -0.05) is 13.8 Å². The summed E-state index contributed by atoms with van der Waals surface area (Å²) in [4.78, 5) is 8.24. The predicted octanol–water partition coefficient (Wildman–Crippen LogP) is 0.174. The third-order valence-electron chi connectivity index (χ3n) is 7.92. The standard InChI is InChI=1S/C33H72N4O11/c1-8-30(46-25-40)17-36(18-31(9-2)47-26-41)15-14-35(23-38)13-11-34(19-33(48-27-42)22-45-29(6)7)12-16-37(24-39)20-32(43-10-3)21-44-28(4)5/h28-33,38-42H,8-27H2,1-7H3. The fourth-order valence-corrected chi connectivity index (χ4v) is 5.08. The number of aliphatic hydroxyl groups is 5. The predicted molar refractivity (Wildman–Crippen MR) is 184 cm³/mol. The Kier molecular flexibility index (Phi) is 30.8. The monoisotopic (exact) mass is 701 g/mol. The van der Waals surface area contributed by atoms with E-state index in [0.717, 1.165) is 12.8 Å². The Morgan fingerprint density at radius 3 is 1.17 bits per heavy atom. The van der Waals surface area contributed by atoms with Crippen LogP contribution in [0.15, 0.2) is 0 Å². The molecule has 4 unspecified atom stereocenters. The molecule has 15 nitrogen and oxygen atoms in total. The van der Waals surface area contributed by atoms with Crippen molar-refractivity contribution < 1.29 is 54.0 Å². The lowest BCUT2D eigenvalue weighted by Crippen LogP contribution is -2.48. The normalized spacial score (nSPS) is 15.1. The maximum atomic E-state index is 10.3. The zero-order valence-corrected chi connectivity index (χ0v) is 31.1. The summed E-state index contributed by atoms with van der Waals surface area (Å²) in [5.74, 6) is 0. The molecule has 0 rings (SSSR count). The summed E-state index contributed by atoms with van der Waals surface area (Å²) in [6, 6.07) is 0. The first-order valence-corrected chi connectivity index (χ1v) is 17.7. The highest BCUT2D eigenvalue weighted by molar-refractivity contribution is 4.74. The SMILES string of the molecule is CCOC(COC(C)C)CN(CO)CCN(CCN(CO)CCN(CC(CC)OCO)CC(CC)OCO)CC(COC(C)C)OCO. The summed E-state index contributed by atoms with van der Waals surface area (Å²) in [5.41, 5.74) is 0. The molecule has 0 aromatic carbocycles. The zero-order chi connectivity index (χ0) is 36.2. The average molecular weight is 701 g/mol. The highest BCUT2D eigenvalue weighted by atomic mass is 16.6. The molecule has 15 heteroatoms. The van der Waals surface area contributed by atoms with Gasteiger partial charge in [0.2, 0.25) is 0 Å². The van der Waals surface area contributed by atoms with Crippen molar-refractivity contribution in [3.63, 3.8) is 0 Å². The molecule has 0 fully saturated rings. The first-order chi connectivity index (χ1) is 23.1. The van der Waals surface area contributed by atoms with E-state index in [4.69, 9.17) is 28.4 Å². The topological polar surface area (TPSA) is 169 Å². The van der Waals surface area contributed by atoms with Gasteiger partial charge in [0.1, 0.15) is 20.4 Å². The van der Waals surface area contributed by atoms with Crippen LogP contribution < -0.4 is 0 Å². The Balaban J connectivity index is 5.65. The lowest BCUT2D eigenvalue weighted by atomic mass is 10.2. The highest BCUT2D eigenvalue weighted by Crippen LogP contribution is 2.09. The lowest BCUT2D eigenvalue weighted by Gasteiger charge is -2.34. The molecule has 0 heterocycles. The first kappa shape index (κ1) is 47.4. The third-order valence-corrected chi connectivity index (χ3v) is 7.92. The van der Waals surface area contributed by atoms with Crippen molar-refractivity contribution in [1.82, 2.24) is 19.6 Å². The maximum Gasteiger partial charge on any atom is 0.144 e. The van der Waals surface area contributed by atoms with Crippen LogP contribution in [0, 0.1) is 0 Å². The van der Waals surface area contributed by atoms with Gasteiger partial charge < -0.3 is 54.0 Å². The molecule has 0 aliphatic carbocycles. The van der Waals surface area contributed by atoms with Crippen LogP contribution in [0.4, 0.5) is 0 Å². The van der Waals surface area contributed by atoms with Crippen LogP contribution in [0.5, 0.6) is 0 Å². The molecule has 5 N–H and O–H groups in total. The van der Waals surface area contributed by atoms with E-state index in [-0.39, 0.29) is 63.7 Å². The molecule has 0 radical (unpaired) electrons. The number of ether oxygens (including phenoxy) is 6. The van der Waals surface area contributed by atoms with Gasteiger partial charge in [-0.3, -0.25) is 19.6 Å². The maximum absolute atomic E-state index is 10.3. The zero-order valence-electron chi connectivity index (χ0n) is 31.1. The molecule has 290 valence electrons. The van der Waals surface area contributed by atoms with Crippen molar-refractivity contribution >= 4 is 0 Å². The van der Waals surface area contributed by atoms with E-state index in [1.54, 1.807) is 0 Å².